The van der Waals surface area contributed by atoms with Crippen LogP contribution in [0.4, 0.5) is 0 Å². The highest BCUT2D eigenvalue weighted by atomic mass is 16.4. The van der Waals surface area contributed by atoms with E-state index in [1.807, 2.05) is 59.7 Å². The van der Waals surface area contributed by atoms with Crippen molar-refractivity contribution in [1.29, 1.82) is 0 Å². The Balaban J connectivity index is 3.07. The van der Waals surface area contributed by atoms with Gasteiger partial charge in [0.2, 0.25) is 11.8 Å². The van der Waals surface area contributed by atoms with E-state index in [0.29, 0.717) is 6.54 Å². The van der Waals surface area contributed by atoms with Gasteiger partial charge >= 0.3 is 5.97 Å². The number of benzene rings is 1. The van der Waals surface area contributed by atoms with Crippen LogP contribution in [-0.4, -0.2) is 60.0 Å². The first-order valence-electron chi connectivity index (χ1n) is 12.1. The molecule has 0 fully saturated rings. The molecule has 2 amide bonds. The fourth-order valence-corrected chi connectivity index (χ4v) is 4.14. The number of amides is 2. The minimum atomic E-state index is -1.00. The largest absolute Gasteiger partial charge is 0.478 e. The van der Waals surface area contributed by atoms with Crippen molar-refractivity contribution in [1.82, 2.24) is 15.5 Å². The van der Waals surface area contributed by atoms with Crippen molar-refractivity contribution in [3.05, 3.63) is 47.0 Å². The molecule has 0 saturated heterocycles. The number of carboxylic acids is 1. The van der Waals surface area contributed by atoms with Crippen molar-refractivity contribution in [2.24, 2.45) is 5.92 Å². The average molecular weight is 474 g/mol. The summed E-state index contributed by atoms with van der Waals surface area (Å²) in [7, 11) is 1.74. The van der Waals surface area contributed by atoms with Gasteiger partial charge in [0, 0.05) is 17.5 Å². The Labute approximate surface area is 205 Å². The summed E-state index contributed by atoms with van der Waals surface area (Å²) in [5, 5.41) is 15.3. The number of hydrogen-bond acceptors (Lipinski definition) is 4. The monoisotopic (exact) mass is 473 g/mol. The van der Waals surface area contributed by atoms with Crippen LogP contribution in [0.15, 0.2) is 35.9 Å². The number of hydrogen-bond donors (Lipinski definition) is 3. The quantitative estimate of drug-likeness (QED) is 0.380. The number of unbranched alkanes of at least 4 members (excludes halogenated alkanes) is 1. The number of nitrogens with one attached hydrogen (secondary N) is 2. The first-order chi connectivity index (χ1) is 15.9. The van der Waals surface area contributed by atoms with Crippen molar-refractivity contribution in [3.63, 3.8) is 0 Å². The Morgan fingerprint density at radius 2 is 1.85 bits per heavy atom. The van der Waals surface area contributed by atoms with Gasteiger partial charge in [0.05, 0.1) is 18.6 Å². The van der Waals surface area contributed by atoms with Gasteiger partial charge in [-0.05, 0) is 38.8 Å². The van der Waals surface area contributed by atoms with Crippen LogP contribution in [-0.2, 0) is 19.8 Å². The van der Waals surface area contributed by atoms with Gasteiger partial charge in [-0.3, -0.25) is 9.59 Å². The molecule has 34 heavy (non-hydrogen) atoms. The van der Waals surface area contributed by atoms with E-state index >= 15 is 0 Å². The summed E-state index contributed by atoms with van der Waals surface area (Å²) >= 11 is 0. The van der Waals surface area contributed by atoms with Crippen LogP contribution in [0.3, 0.4) is 0 Å². The van der Waals surface area contributed by atoms with Gasteiger partial charge in [-0.1, -0.05) is 76.9 Å². The SMILES string of the molecule is CCCCN(C(=O)CNC(=O)[C@@H](NC)C(C)(C)c1cccc(C)c1)[C@H](/C=C(\C)C(=O)O)C(C)C. The molecule has 0 saturated carbocycles. The normalized spacial score (nSPS) is 14.0. The zero-order chi connectivity index (χ0) is 26.1. The van der Waals surface area contributed by atoms with E-state index < -0.39 is 17.4 Å². The fraction of sp³-hybridized carbons (Fsp3) is 0.593. The lowest BCUT2D eigenvalue weighted by Crippen LogP contribution is -2.55. The highest BCUT2D eigenvalue weighted by molar-refractivity contribution is 5.89. The van der Waals surface area contributed by atoms with Crippen LogP contribution < -0.4 is 10.6 Å². The number of nitrogens with zero attached hydrogens (tertiary/aromatic N) is 1. The van der Waals surface area contributed by atoms with Crippen LogP contribution in [0, 0.1) is 12.8 Å². The van der Waals surface area contributed by atoms with Gasteiger partial charge in [0.25, 0.3) is 0 Å². The standard InChI is InChI=1S/C27H43N3O4/c1-9-10-14-30(22(18(2)3)16-20(5)26(33)34)23(31)17-29-25(32)24(28-8)27(6,7)21-13-11-12-19(4)15-21/h11-13,15-16,18,22,24,28H,9-10,14,17H2,1-8H3,(H,29,32)(H,33,34)/b20-16+/t22-,24-/m1/s1. The Bertz CT molecular complexity index is 876. The summed E-state index contributed by atoms with van der Waals surface area (Å²) < 4.78 is 0. The Kier molecular flexibility index (Phi) is 11.5. The second-order valence-electron chi connectivity index (χ2n) is 9.86. The summed E-state index contributed by atoms with van der Waals surface area (Å²) in [5.74, 6) is -1.46. The summed E-state index contributed by atoms with van der Waals surface area (Å²) in [4.78, 5) is 39.5. The third-order valence-corrected chi connectivity index (χ3v) is 6.32. The van der Waals surface area contributed by atoms with Gasteiger partial charge < -0.3 is 20.6 Å². The number of aliphatic carboxylic acids is 1. The minimum Gasteiger partial charge on any atom is -0.478 e. The second-order valence-corrected chi connectivity index (χ2v) is 9.86. The molecule has 0 heterocycles. The topological polar surface area (TPSA) is 98.7 Å². The van der Waals surface area contributed by atoms with E-state index in [-0.39, 0.29) is 35.9 Å². The molecule has 0 spiro atoms. The maximum Gasteiger partial charge on any atom is 0.331 e. The van der Waals surface area contributed by atoms with Gasteiger partial charge in [0.1, 0.15) is 0 Å². The molecule has 0 aliphatic heterocycles. The maximum absolute atomic E-state index is 13.2. The summed E-state index contributed by atoms with van der Waals surface area (Å²) in [6.07, 6.45) is 3.33. The molecule has 7 heteroatoms. The third-order valence-electron chi connectivity index (χ3n) is 6.32. The number of carbonyl (C=O) groups excluding carboxylic acids is 2. The van der Waals surface area contributed by atoms with E-state index in [1.165, 1.54) is 6.92 Å². The molecule has 3 N–H and O–H groups in total. The zero-order valence-electron chi connectivity index (χ0n) is 22.1. The maximum atomic E-state index is 13.2. The summed E-state index contributed by atoms with van der Waals surface area (Å²) in [6, 6.07) is 7.16. The zero-order valence-corrected chi connectivity index (χ0v) is 22.1. The summed E-state index contributed by atoms with van der Waals surface area (Å²) in [5.41, 5.74) is 1.85. The molecule has 0 aliphatic rings. The molecule has 0 bridgehead atoms. The first kappa shape index (κ1) is 29.4. The van der Waals surface area contributed by atoms with Crippen molar-refractivity contribution < 1.29 is 19.5 Å². The first-order valence-corrected chi connectivity index (χ1v) is 12.1. The number of aryl methyl sites for hydroxylation is 1. The molecular formula is C27H43N3O4. The molecule has 2 atom stereocenters. The van der Waals surface area contributed by atoms with E-state index in [9.17, 15) is 19.5 Å². The number of carboxylic acid groups (broad SMARTS) is 1. The van der Waals surface area contributed by atoms with E-state index in [1.54, 1.807) is 18.0 Å². The van der Waals surface area contributed by atoms with Gasteiger partial charge in [0.15, 0.2) is 0 Å². The molecule has 0 radical (unpaired) electrons. The van der Waals surface area contributed by atoms with E-state index in [0.717, 1.165) is 24.0 Å². The fourth-order valence-electron chi connectivity index (χ4n) is 4.14. The molecule has 190 valence electrons. The van der Waals surface area contributed by atoms with E-state index in [4.69, 9.17) is 0 Å². The molecule has 0 aliphatic carbocycles. The van der Waals surface area contributed by atoms with Crippen LogP contribution in [0.5, 0.6) is 0 Å². The minimum absolute atomic E-state index is 0.0242. The van der Waals surface area contributed by atoms with Crippen molar-refractivity contribution in [3.8, 4) is 0 Å². The van der Waals surface area contributed by atoms with Crippen molar-refractivity contribution in [2.75, 3.05) is 20.1 Å². The lowest BCUT2D eigenvalue weighted by atomic mass is 9.77. The Hall–Kier alpha value is -2.67. The number of rotatable bonds is 13. The molecule has 1 aromatic rings. The Morgan fingerprint density at radius 1 is 1.21 bits per heavy atom. The number of likely N-dealkylation sites (N-methyl/N-ethyl adjacent to an activating group) is 1. The van der Waals surface area contributed by atoms with Gasteiger partial charge in [-0.2, -0.15) is 0 Å². The molecule has 1 rings (SSSR count). The van der Waals surface area contributed by atoms with Crippen LogP contribution >= 0.6 is 0 Å². The highest BCUT2D eigenvalue weighted by Gasteiger charge is 2.36. The molecular weight excluding hydrogens is 430 g/mol. The predicted octanol–water partition coefficient (Wildman–Crippen LogP) is 3.66. The van der Waals surface area contributed by atoms with Gasteiger partial charge in [-0.25, -0.2) is 4.79 Å². The molecule has 0 unspecified atom stereocenters. The lowest BCUT2D eigenvalue weighted by Gasteiger charge is -2.35. The highest BCUT2D eigenvalue weighted by Crippen LogP contribution is 2.28. The van der Waals surface area contributed by atoms with Crippen LogP contribution in [0.25, 0.3) is 0 Å². The smallest absolute Gasteiger partial charge is 0.331 e. The summed E-state index contributed by atoms with van der Waals surface area (Å²) in [6.45, 7) is 13.9. The van der Waals surface area contributed by atoms with Gasteiger partial charge in [-0.15, -0.1) is 0 Å². The van der Waals surface area contributed by atoms with Crippen LogP contribution in [0.2, 0.25) is 0 Å². The lowest BCUT2D eigenvalue weighted by molar-refractivity contribution is -0.136. The van der Waals surface area contributed by atoms with E-state index in [2.05, 4.69) is 16.7 Å². The molecule has 1 aromatic carbocycles. The van der Waals surface area contributed by atoms with Crippen molar-refractivity contribution in [2.45, 2.75) is 78.8 Å². The molecule has 0 aromatic heterocycles. The average Bonchev–Trinajstić information content (AvgIpc) is 2.76. The third kappa shape index (κ3) is 7.97. The van der Waals surface area contributed by atoms with Crippen LogP contribution in [0.1, 0.15) is 65.5 Å². The number of carbonyl (C=O) groups is 3. The molecule has 7 nitrogen and oxygen atoms in total. The second kappa shape index (κ2) is 13.3. The predicted molar refractivity (Wildman–Crippen MR) is 137 cm³/mol. The Morgan fingerprint density at radius 3 is 2.35 bits per heavy atom. The van der Waals surface area contributed by atoms with Crippen molar-refractivity contribution >= 4 is 17.8 Å².